The predicted octanol–water partition coefficient (Wildman–Crippen LogP) is -4.65. The van der Waals surface area contributed by atoms with Crippen LogP contribution in [0.3, 0.4) is 0 Å². The van der Waals surface area contributed by atoms with E-state index in [9.17, 15) is 53.4 Å². The number of hydrogen-bond acceptors (Lipinski definition) is 13. The summed E-state index contributed by atoms with van der Waals surface area (Å²) in [6, 6.07) is -9.60. The van der Waals surface area contributed by atoms with Crippen molar-refractivity contribution in [1.29, 1.82) is 0 Å². The molecule has 1 aromatic heterocycles. The van der Waals surface area contributed by atoms with Crippen LogP contribution in [0.1, 0.15) is 72.4 Å². The lowest BCUT2D eigenvalue weighted by molar-refractivity contribution is -0.148. The first-order valence-corrected chi connectivity index (χ1v) is 19.9. The Morgan fingerprint density at radius 1 is 0.817 bits per heavy atom. The molecule has 0 aliphatic carbocycles. The van der Waals surface area contributed by atoms with Crippen molar-refractivity contribution in [3.8, 4) is 0 Å². The van der Waals surface area contributed by atoms with Crippen LogP contribution in [0, 0.1) is 5.92 Å². The molecule has 3 heterocycles. The molecule has 0 saturated carbocycles. The topological polar surface area (TPSA) is 348 Å². The summed E-state index contributed by atoms with van der Waals surface area (Å²) >= 11 is 0. The van der Waals surface area contributed by atoms with Crippen LogP contribution in [-0.4, -0.2) is 169 Å². The van der Waals surface area contributed by atoms with Crippen LogP contribution in [0.25, 0.3) is 0 Å². The molecule has 60 heavy (non-hydrogen) atoms. The lowest BCUT2D eigenvalue weighted by Crippen LogP contribution is -2.60. The normalized spacial score (nSPS) is 19.8. The van der Waals surface area contributed by atoms with Crippen molar-refractivity contribution in [2.24, 2.45) is 11.7 Å². The third kappa shape index (κ3) is 13.7. The average Bonchev–Trinajstić information content (AvgIpc) is 4.00. The molecule has 3 rings (SSSR count). The van der Waals surface area contributed by atoms with Gasteiger partial charge in [-0.25, -0.2) is 9.78 Å². The average molecular weight is 850 g/mol. The maximum Gasteiger partial charge on any atom is 0.326 e. The van der Waals surface area contributed by atoms with Gasteiger partial charge in [-0.2, -0.15) is 0 Å². The summed E-state index contributed by atoms with van der Waals surface area (Å²) in [4.78, 5) is 126. The molecule has 23 nitrogen and oxygen atoms in total. The molecule has 0 unspecified atom stereocenters. The van der Waals surface area contributed by atoms with Crippen LogP contribution in [0.4, 0.5) is 0 Å². The minimum absolute atomic E-state index is 0.0269. The Kier molecular flexibility index (Phi) is 18.4. The predicted molar refractivity (Wildman–Crippen MR) is 210 cm³/mol. The first-order chi connectivity index (χ1) is 28.2. The number of aromatic amines is 1. The third-order valence-electron chi connectivity index (χ3n) is 10.1. The van der Waals surface area contributed by atoms with Gasteiger partial charge in [-0.05, 0) is 58.8 Å². The molecule has 2 saturated heterocycles. The zero-order chi connectivity index (χ0) is 44.8. The molecular formula is C37H59N11O12. The number of amides is 8. The molecule has 23 heteroatoms. The number of hydrogen-bond donors (Lipinski definition) is 11. The number of carboxylic acids is 1. The number of H-pyrrole nitrogens is 1. The molecule has 334 valence electrons. The van der Waals surface area contributed by atoms with Crippen LogP contribution in [-0.2, 0) is 49.6 Å². The van der Waals surface area contributed by atoms with Crippen LogP contribution < -0.4 is 37.6 Å². The number of carbonyl (C=O) groups is 9. The number of nitrogens with one attached hydrogen (secondary N) is 7. The van der Waals surface area contributed by atoms with E-state index in [-0.39, 0.29) is 44.7 Å². The number of nitrogens with zero attached hydrogens (tertiary/aromatic N) is 3. The van der Waals surface area contributed by atoms with Crippen molar-refractivity contribution in [3.05, 3.63) is 18.2 Å². The summed E-state index contributed by atoms with van der Waals surface area (Å²) in [6.07, 6.45) is 2.95. The fourth-order valence-corrected chi connectivity index (χ4v) is 6.87. The van der Waals surface area contributed by atoms with Gasteiger partial charge in [0, 0.05) is 31.4 Å². The van der Waals surface area contributed by atoms with Gasteiger partial charge in [0.25, 0.3) is 0 Å². The maximum absolute atomic E-state index is 13.9. The second kappa shape index (κ2) is 22.6. The molecule has 0 aromatic carbocycles. The SMILES string of the molecule is CC(C)C[C@H](NC(=O)CNC(=O)[C@H](Cc1cnc[nH]1)NC(=O)[C@H](C)NC(=O)[C@@H]1CCCN1C(=O)[C@@H]1CCCN1C(=O)[C@H](C)NC(=O)[C@@H](NC(=O)[C@@H](N)CO)[C@@H](C)O)C(=O)O. The molecule has 2 fully saturated rings. The van der Waals surface area contributed by atoms with Gasteiger partial charge < -0.3 is 67.7 Å². The van der Waals surface area contributed by atoms with Crippen molar-refractivity contribution in [2.75, 3.05) is 26.2 Å². The Labute approximate surface area is 346 Å². The van der Waals surface area contributed by atoms with Crippen molar-refractivity contribution in [2.45, 2.75) is 128 Å². The van der Waals surface area contributed by atoms with Gasteiger partial charge in [0.05, 0.1) is 25.6 Å². The van der Waals surface area contributed by atoms with Crippen LogP contribution in [0.2, 0.25) is 0 Å². The van der Waals surface area contributed by atoms with Gasteiger partial charge in [-0.1, -0.05) is 13.8 Å². The van der Waals surface area contributed by atoms with E-state index in [2.05, 4.69) is 41.9 Å². The highest BCUT2D eigenvalue weighted by molar-refractivity contribution is 5.98. The lowest BCUT2D eigenvalue weighted by atomic mass is 10.0. The summed E-state index contributed by atoms with van der Waals surface area (Å²) < 4.78 is 0. The van der Waals surface area contributed by atoms with Crippen molar-refractivity contribution in [1.82, 2.24) is 51.7 Å². The fourth-order valence-electron chi connectivity index (χ4n) is 6.87. The maximum atomic E-state index is 13.9. The van der Waals surface area contributed by atoms with Gasteiger partial charge in [-0.15, -0.1) is 0 Å². The van der Waals surface area contributed by atoms with Gasteiger partial charge >= 0.3 is 5.97 Å². The smallest absolute Gasteiger partial charge is 0.326 e. The zero-order valence-corrected chi connectivity index (χ0v) is 34.4. The van der Waals surface area contributed by atoms with Gasteiger partial charge in [0.1, 0.15) is 48.3 Å². The number of imidazole rings is 1. The Morgan fingerprint density at radius 2 is 1.47 bits per heavy atom. The monoisotopic (exact) mass is 849 g/mol. The zero-order valence-electron chi connectivity index (χ0n) is 34.4. The summed E-state index contributed by atoms with van der Waals surface area (Å²) in [5.41, 5.74) is 5.96. The fraction of sp³-hybridized carbons (Fsp3) is 0.676. The summed E-state index contributed by atoms with van der Waals surface area (Å²) in [6.45, 7) is 6.69. The van der Waals surface area contributed by atoms with Gasteiger partial charge in [0.15, 0.2) is 0 Å². The number of aliphatic hydroxyl groups excluding tert-OH is 2. The largest absolute Gasteiger partial charge is 0.480 e. The van der Waals surface area contributed by atoms with E-state index in [1.54, 1.807) is 13.8 Å². The van der Waals surface area contributed by atoms with Crippen LogP contribution in [0.5, 0.6) is 0 Å². The number of rotatable bonds is 21. The number of likely N-dealkylation sites (tertiary alicyclic amines) is 2. The summed E-state index contributed by atoms with van der Waals surface area (Å²) in [5.74, 6) is -7.08. The van der Waals surface area contributed by atoms with E-state index in [1.165, 1.54) is 43.1 Å². The summed E-state index contributed by atoms with van der Waals surface area (Å²) in [5, 5.41) is 43.3. The minimum atomic E-state index is -1.50. The second-order valence-corrected chi connectivity index (χ2v) is 15.5. The van der Waals surface area contributed by atoms with E-state index in [1.807, 2.05) is 0 Å². The van der Waals surface area contributed by atoms with Crippen molar-refractivity contribution < 1.29 is 58.5 Å². The number of aliphatic hydroxyl groups is 2. The Bertz CT molecular complexity index is 1710. The Balaban J connectivity index is 1.62. The highest BCUT2D eigenvalue weighted by Crippen LogP contribution is 2.26. The quantitative estimate of drug-likeness (QED) is 0.0555. The summed E-state index contributed by atoms with van der Waals surface area (Å²) in [7, 11) is 0. The van der Waals surface area contributed by atoms with E-state index in [0.717, 1.165) is 0 Å². The first-order valence-electron chi connectivity index (χ1n) is 19.9. The molecule has 0 bridgehead atoms. The van der Waals surface area contributed by atoms with E-state index >= 15 is 0 Å². The lowest BCUT2D eigenvalue weighted by Gasteiger charge is -2.33. The van der Waals surface area contributed by atoms with E-state index in [4.69, 9.17) is 10.8 Å². The molecular weight excluding hydrogens is 790 g/mol. The number of carboxylic acid groups (broad SMARTS) is 1. The van der Waals surface area contributed by atoms with Gasteiger partial charge in [0.2, 0.25) is 47.3 Å². The highest BCUT2D eigenvalue weighted by Gasteiger charge is 2.44. The molecule has 0 radical (unpaired) electrons. The minimum Gasteiger partial charge on any atom is -0.480 e. The third-order valence-corrected chi connectivity index (χ3v) is 10.1. The number of aliphatic carboxylic acids is 1. The Morgan fingerprint density at radius 3 is 2.05 bits per heavy atom. The second-order valence-electron chi connectivity index (χ2n) is 15.5. The highest BCUT2D eigenvalue weighted by atomic mass is 16.4. The molecule has 9 atom stereocenters. The molecule has 8 amide bonds. The van der Waals surface area contributed by atoms with Crippen LogP contribution in [0.15, 0.2) is 12.5 Å². The molecule has 12 N–H and O–H groups in total. The van der Waals surface area contributed by atoms with Crippen molar-refractivity contribution >= 4 is 53.2 Å². The number of aromatic nitrogens is 2. The number of carbonyl (C=O) groups excluding carboxylic acids is 8. The molecule has 0 spiro atoms. The molecule has 2 aliphatic rings. The standard InChI is InChI=1S/C37H59N11O12/c1-18(2)12-25(37(59)60)44-28(51)15-40-32(54)24(13-22-14-39-17-41-22)45-30(52)19(3)42-33(55)26-8-6-10-47(26)36(58)27-9-7-11-48(27)35(57)20(4)43-34(56)29(21(5)50)46-31(53)23(38)16-49/h14,17-21,23-27,29,49-50H,6-13,15-16,38H2,1-5H3,(H,39,41)(H,40,54)(H,42,55)(H,43,56)(H,44,51)(H,45,52)(H,46,53)(H,59,60)/t19-,20-,21+,23-,24-,25-,26-,27-,29-/m0/s1. The van der Waals surface area contributed by atoms with E-state index in [0.29, 0.717) is 18.5 Å². The Hall–Kier alpha value is -5.68. The molecule has 2 aliphatic heterocycles. The molecule has 1 aromatic rings. The van der Waals surface area contributed by atoms with E-state index < -0.39 is 121 Å². The van der Waals surface area contributed by atoms with Gasteiger partial charge in [-0.3, -0.25) is 38.4 Å². The first kappa shape index (κ1) is 48.7. The number of nitrogens with two attached hydrogens (primary N) is 1. The van der Waals surface area contributed by atoms with Crippen molar-refractivity contribution in [3.63, 3.8) is 0 Å². The van der Waals surface area contributed by atoms with Crippen LogP contribution >= 0.6 is 0 Å².